The van der Waals surface area contributed by atoms with Gasteiger partial charge in [0.2, 0.25) is 10.0 Å². The minimum atomic E-state index is -3.72. The van der Waals surface area contributed by atoms with Crippen molar-refractivity contribution in [2.75, 3.05) is 33.3 Å². The van der Waals surface area contributed by atoms with E-state index >= 15 is 0 Å². The lowest BCUT2D eigenvalue weighted by atomic mass is 10.2. The molecule has 1 aliphatic rings. The minimum absolute atomic E-state index is 0.0371. The molecule has 7 nitrogen and oxygen atoms in total. The smallest absolute Gasteiger partial charge is 0.349 e. The molecule has 2 aromatic heterocycles. The highest BCUT2D eigenvalue weighted by molar-refractivity contribution is 7.89. The molecule has 0 radical (unpaired) electrons. The molecule has 0 atom stereocenters. The van der Waals surface area contributed by atoms with Gasteiger partial charge in [-0.1, -0.05) is 6.07 Å². The zero-order chi connectivity index (χ0) is 18.6. The number of hydrogen-bond acceptors (Lipinski definition) is 7. The van der Waals surface area contributed by atoms with Crippen molar-refractivity contribution >= 4 is 27.3 Å². The first-order chi connectivity index (χ1) is 12.5. The Hall–Kier alpha value is -1.81. The van der Waals surface area contributed by atoms with E-state index in [1.54, 1.807) is 11.6 Å². The Kier molecular flexibility index (Phi) is 6.02. The summed E-state index contributed by atoms with van der Waals surface area (Å²) in [7, 11) is -2.47. The zero-order valence-corrected chi connectivity index (χ0v) is 16.1. The van der Waals surface area contributed by atoms with E-state index in [-0.39, 0.29) is 9.77 Å². The molecular formula is C17H21N3O4S2. The van der Waals surface area contributed by atoms with E-state index in [2.05, 4.69) is 9.88 Å². The van der Waals surface area contributed by atoms with Gasteiger partial charge in [-0.05, 0) is 36.0 Å². The molecular weight excluding hydrogens is 374 g/mol. The third-order valence-corrected chi connectivity index (χ3v) is 7.26. The second-order valence-electron chi connectivity index (χ2n) is 6.00. The number of ether oxygens (including phenoxy) is 1. The number of carbonyl (C=O) groups excluding carboxylic acids is 1. The number of pyridine rings is 1. The van der Waals surface area contributed by atoms with Gasteiger partial charge in [0.15, 0.2) is 0 Å². The Morgan fingerprint density at radius 3 is 2.85 bits per heavy atom. The standard InChI is InChI=1S/C17H21N3O4S2/c1-24-17(21)16-15(5-11-25-16)26(22,23)20-8-3-7-19(9-10-20)13-14-4-2-6-18-12-14/h2,4-6,11-12H,3,7-10,13H2,1H3. The van der Waals surface area contributed by atoms with Crippen LogP contribution in [-0.4, -0.2) is 61.9 Å². The highest BCUT2D eigenvalue weighted by Crippen LogP contribution is 2.26. The van der Waals surface area contributed by atoms with Crippen LogP contribution in [0.5, 0.6) is 0 Å². The summed E-state index contributed by atoms with van der Waals surface area (Å²) in [5.74, 6) is -0.619. The van der Waals surface area contributed by atoms with Gasteiger partial charge >= 0.3 is 5.97 Å². The Bertz CT molecular complexity index is 852. The van der Waals surface area contributed by atoms with Crippen molar-refractivity contribution in [1.82, 2.24) is 14.2 Å². The van der Waals surface area contributed by atoms with Gasteiger partial charge < -0.3 is 4.74 Å². The fourth-order valence-electron chi connectivity index (χ4n) is 2.98. The van der Waals surface area contributed by atoms with Gasteiger partial charge in [0, 0.05) is 38.6 Å². The molecule has 9 heteroatoms. The summed E-state index contributed by atoms with van der Waals surface area (Å²) in [4.78, 5) is 18.3. The number of thiophene rings is 1. The van der Waals surface area contributed by atoms with Crippen LogP contribution >= 0.6 is 11.3 Å². The van der Waals surface area contributed by atoms with Crippen molar-refractivity contribution in [3.63, 3.8) is 0 Å². The molecule has 2 aromatic rings. The molecule has 0 bridgehead atoms. The van der Waals surface area contributed by atoms with Crippen LogP contribution < -0.4 is 0 Å². The molecule has 0 aliphatic carbocycles. The number of methoxy groups -OCH3 is 1. The second-order valence-corrected chi connectivity index (χ2v) is 8.82. The molecule has 140 valence electrons. The predicted octanol–water partition coefficient (Wildman–Crippen LogP) is 1.83. The summed E-state index contributed by atoms with van der Waals surface area (Å²) < 4.78 is 32.2. The molecule has 0 saturated carbocycles. The Balaban J connectivity index is 1.72. The third-order valence-electron chi connectivity index (χ3n) is 4.29. The van der Waals surface area contributed by atoms with Crippen molar-refractivity contribution in [3.05, 3.63) is 46.4 Å². The average Bonchev–Trinajstić information content (AvgIpc) is 3.03. The first-order valence-corrected chi connectivity index (χ1v) is 10.6. The minimum Gasteiger partial charge on any atom is -0.465 e. The van der Waals surface area contributed by atoms with Crippen molar-refractivity contribution in [2.45, 2.75) is 17.9 Å². The van der Waals surface area contributed by atoms with E-state index in [1.165, 1.54) is 17.5 Å². The van der Waals surface area contributed by atoms with Crippen LogP contribution in [-0.2, 0) is 21.3 Å². The Labute approximate surface area is 157 Å². The van der Waals surface area contributed by atoms with Gasteiger partial charge in [0.1, 0.15) is 9.77 Å². The van der Waals surface area contributed by atoms with Gasteiger partial charge in [-0.25, -0.2) is 13.2 Å². The zero-order valence-electron chi connectivity index (χ0n) is 14.5. The lowest BCUT2D eigenvalue weighted by Gasteiger charge is -2.21. The van der Waals surface area contributed by atoms with Crippen LogP contribution in [0.3, 0.4) is 0 Å². The number of nitrogens with zero attached hydrogens (tertiary/aromatic N) is 3. The van der Waals surface area contributed by atoms with E-state index in [1.807, 2.05) is 18.3 Å². The van der Waals surface area contributed by atoms with E-state index in [4.69, 9.17) is 4.74 Å². The fourth-order valence-corrected chi connectivity index (χ4v) is 5.75. The van der Waals surface area contributed by atoms with Crippen LogP contribution in [0.4, 0.5) is 0 Å². The molecule has 0 aromatic carbocycles. The van der Waals surface area contributed by atoms with Crippen molar-refractivity contribution in [2.24, 2.45) is 0 Å². The number of hydrogen-bond donors (Lipinski definition) is 0. The van der Waals surface area contributed by atoms with E-state index < -0.39 is 16.0 Å². The van der Waals surface area contributed by atoms with Gasteiger partial charge in [-0.15, -0.1) is 11.3 Å². The van der Waals surface area contributed by atoms with Crippen LogP contribution in [0.1, 0.15) is 21.7 Å². The number of esters is 1. The predicted molar refractivity (Wildman–Crippen MR) is 98.5 cm³/mol. The molecule has 26 heavy (non-hydrogen) atoms. The largest absolute Gasteiger partial charge is 0.465 e. The maximum absolute atomic E-state index is 13.0. The maximum atomic E-state index is 13.0. The monoisotopic (exact) mass is 395 g/mol. The number of carbonyl (C=O) groups is 1. The van der Waals surface area contributed by atoms with Crippen molar-refractivity contribution in [3.8, 4) is 0 Å². The number of aromatic nitrogens is 1. The van der Waals surface area contributed by atoms with Crippen LogP contribution in [0.25, 0.3) is 0 Å². The summed E-state index contributed by atoms with van der Waals surface area (Å²) in [6.45, 7) is 3.01. The summed E-state index contributed by atoms with van der Waals surface area (Å²) in [5.41, 5.74) is 1.11. The van der Waals surface area contributed by atoms with E-state index in [0.717, 1.165) is 36.4 Å². The molecule has 1 saturated heterocycles. The van der Waals surface area contributed by atoms with Crippen molar-refractivity contribution < 1.29 is 17.9 Å². The van der Waals surface area contributed by atoms with Gasteiger partial charge in [0.25, 0.3) is 0 Å². The first-order valence-electron chi connectivity index (χ1n) is 8.29. The van der Waals surface area contributed by atoms with Gasteiger partial charge in [0.05, 0.1) is 7.11 Å². The highest BCUT2D eigenvalue weighted by Gasteiger charge is 2.31. The van der Waals surface area contributed by atoms with Crippen LogP contribution in [0, 0.1) is 0 Å². The molecule has 0 unspecified atom stereocenters. The van der Waals surface area contributed by atoms with Crippen molar-refractivity contribution in [1.29, 1.82) is 0 Å². The summed E-state index contributed by atoms with van der Waals surface area (Å²) in [6.07, 6.45) is 4.30. The summed E-state index contributed by atoms with van der Waals surface area (Å²) in [5, 5.41) is 1.60. The SMILES string of the molecule is COC(=O)c1sccc1S(=O)(=O)N1CCCN(Cc2cccnc2)CC1. The first kappa shape index (κ1) is 19.0. The molecule has 3 rings (SSSR count). The maximum Gasteiger partial charge on any atom is 0.349 e. The van der Waals surface area contributed by atoms with E-state index in [9.17, 15) is 13.2 Å². The number of rotatable bonds is 5. The second kappa shape index (κ2) is 8.26. The molecule has 3 heterocycles. The summed E-state index contributed by atoms with van der Waals surface area (Å²) >= 11 is 1.08. The molecule has 1 aliphatic heterocycles. The molecule has 0 spiro atoms. The lowest BCUT2D eigenvalue weighted by molar-refractivity contribution is 0.0602. The molecule has 1 fully saturated rings. The average molecular weight is 396 g/mol. The van der Waals surface area contributed by atoms with Crippen LogP contribution in [0.2, 0.25) is 0 Å². The lowest BCUT2D eigenvalue weighted by Crippen LogP contribution is -2.35. The van der Waals surface area contributed by atoms with E-state index in [0.29, 0.717) is 19.6 Å². The fraction of sp³-hybridized carbons (Fsp3) is 0.412. The normalized spacial score (nSPS) is 17.0. The molecule has 0 N–H and O–H groups in total. The Morgan fingerprint density at radius 1 is 1.27 bits per heavy atom. The quantitative estimate of drug-likeness (QED) is 0.719. The Morgan fingerprint density at radius 2 is 2.12 bits per heavy atom. The van der Waals surface area contributed by atoms with Gasteiger partial charge in [-0.2, -0.15) is 4.31 Å². The van der Waals surface area contributed by atoms with Gasteiger partial charge in [-0.3, -0.25) is 9.88 Å². The van der Waals surface area contributed by atoms with Crippen LogP contribution in [0.15, 0.2) is 40.9 Å². The highest BCUT2D eigenvalue weighted by atomic mass is 32.2. The molecule has 0 amide bonds. The topological polar surface area (TPSA) is 79.8 Å². The number of sulfonamides is 1. The summed E-state index contributed by atoms with van der Waals surface area (Å²) in [6, 6.07) is 5.39. The third kappa shape index (κ3) is 4.12.